The number of carbonyl (C=O) groups is 2. The zero-order valence-electron chi connectivity index (χ0n) is 11.9. The second-order valence-electron chi connectivity index (χ2n) is 5.30. The van der Waals surface area contributed by atoms with Crippen LogP contribution in [0.4, 0.5) is 0 Å². The number of nitrogens with one attached hydrogen (secondary N) is 1. The molecule has 21 heavy (non-hydrogen) atoms. The fraction of sp³-hybridized carbons (Fsp3) is 0.571. The van der Waals surface area contributed by atoms with E-state index in [0.717, 1.165) is 19.3 Å². The summed E-state index contributed by atoms with van der Waals surface area (Å²) in [5.41, 5.74) is -0.114. The van der Waals surface area contributed by atoms with Gasteiger partial charge in [-0.15, -0.1) is 0 Å². The first-order valence-electron chi connectivity index (χ1n) is 7.12. The number of hydrogen-bond acceptors (Lipinski definition) is 4. The predicted octanol–water partition coefficient (Wildman–Crippen LogP) is 0.636. The van der Waals surface area contributed by atoms with Crippen LogP contribution in [0, 0.1) is 5.92 Å². The van der Waals surface area contributed by atoms with Crippen LogP contribution in [0.15, 0.2) is 16.9 Å². The number of carboxylic acids is 1. The summed E-state index contributed by atoms with van der Waals surface area (Å²) in [7, 11) is 0. The average Bonchev–Trinajstić information content (AvgIpc) is 3.24. The summed E-state index contributed by atoms with van der Waals surface area (Å²) in [6, 6.07) is 2.30. The van der Waals surface area contributed by atoms with E-state index in [1.165, 1.54) is 16.8 Å². The Labute approximate surface area is 122 Å². The zero-order valence-corrected chi connectivity index (χ0v) is 11.9. The highest BCUT2D eigenvalue weighted by molar-refractivity contribution is 5.92. The number of amides is 1. The molecule has 1 heterocycles. The van der Waals surface area contributed by atoms with E-state index in [4.69, 9.17) is 5.11 Å². The van der Waals surface area contributed by atoms with E-state index < -0.39 is 11.9 Å². The first-order valence-corrected chi connectivity index (χ1v) is 7.12. The molecule has 7 nitrogen and oxygen atoms in total. The Bertz CT molecular complexity index is 592. The van der Waals surface area contributed by atoms with Gasteiger partial charge in [-0.2, -0.15) is 5.10 Å². The van der Waals surface area contributed by atoms with Crippen LogP contribution in [0.5, 0.6) is 0 Å². The van der Waals surface area contributed by atoms with Crippen molar-refractivity contribution in [3.05, 3.63) is 28.2 Å². The summed E-state index contributed by atoms with van der Waals surface area (Å²) < 4.78 is 1.25. The lowest BCUT2D eigenvalue weighted by Gasteiger charge is -2.16. The third-order valence-electron chi connectivity index (χ3n) is 3.44. The van der Waals surface area contributed by atoms with Crippen molar-refractivity contribution in [2.45, 2.75) is 45.2 Å². The van der Waals surface area contributed by atoms with Crippen molar-refractivity contribution in [3.63, 3.8) is 0 Å². The number of carbonyl (C=O) groups excluding carboxylic acids is 1. The third kappa shape index (κ3) is 4.14. The summed E-state index contributed by atoms with van der Waals surface area (Å²) in [5.74, 6) is -1.14. The Morgan fingerprint density at radius 2 is 2.19 bits per heavy atom. The van der Waals surface area contributed by atoms with Crippen molar-refractivity contribution in [2.75, 3.05) is 0 Å². The molecular weight excluding hydrogens is 274 g/mol. The third-order valence-corrected chi connectivity index (χ3v) is 3.44. The van der Waals surface area contributed by atoms with Crippen LogP contribution in [0.3, 0.4) is 0 Å². The SMILES string of the molecule is CCCn1nc(C(=O)NC(CC(=O)O)C2CC2)ccc1=O. The van der Waals surface area contributed by atoms with E-state index in [-0.39, 0.29) is 29.6 Å². The monoisotopic (exact) mass is 293 g/mol. The van der Waals surface area contributed by atoms with Gasteiger partial charge in [0.2, 0.25) is 0 Å². The quantitative estimate of drug-likeness (QED) is 0.768. The summed E-state index contributed by atoms with van der Waals surface area (Å²) >= 11 is 0. The van der Waals surface area contributed by atoms with E-state index in [1.54, 1.807) is 0 Å². The molecule has 1 aromatic rings. The van der Waals surface area contributed by atoms with E-state index >= 15 is 0 Å². The lowest BCUT2D eigenvalue weighted by molar-refractivity contribution is -0.137. The van der Waals surface area contributed by atoms with Crippen LogP contribution in [0.25, 0.3) is 0 Å². The minimum atomic E-state index is -0.934. The predicted molar refractivity (Wildman–Crippen MR) is 75.0 cm³/mol. The summed E-state index contributed by atoms with van der Waals surface area (Å²) in [5, 5.41) is 15.6. The normalized spacial score (nSPS) is 15.5. The van der Waals surface area contributed by atoms with Crippen LogP contribution in [-0.4, -0.2) is 32.8 Å². The highest BCUT2D eigenvalue weighted by atomic mass is 16.4. The van der Waals surface area contributed by atoms with Gasteiger partial charge < -0.3 is 10.4 Å². The van der Waals surface area contributed by atoms with Crippen molar-refractivity contribution in [2.24, 2.45) is 5.92 Å². The number of rotatable bonds is 7. The molecule has 2 rings (SSSR count). The average molecular weight is 293 g/mol. The van der Waals surface area contributed by atoms with Crippen LogP contribution in [0.2, 0.25) is 0 Å². The largest absolute Gasteiger partial charge is 0.481 e. The molecule has 1 aromatic heterocycles. The molecule has 0 spiro atoms. The van der Waals surface area contributed by atoms with Gasteiger partial charge in [-0.1, -0.05) is 6.92 Å². The lowest BCUT2D eigenvalue weighted by Crippen LogP contribution is -2.39. The number of hydrogen-bond donors (Lipinski definition) is 2. The number of aromatic nitrogens is 2. The Kier molecular flexibility index (Phi) is 4.72. The van der Waals surface area contributed by atoms with Crippen LogP contribution >= 0.6 is 0 Å². The second kappa shape index (κ2) is 6.51. The smallest absolute Gasteiger partial charge is 0.305 e. The van der Waals surface area contributed by atoms with Gasteiger partial charge in [0.25, 0.3) is 11.5 Å². The standard InChI is InChI=1S/C14H19N3O4/c1-2-7-17-12(18)6-5-10(16-17)14(21)15-11(8-13(19)20)9-3-4-9/h5-6,9,11H,2-4,7-8H2,1H3,(H,15,21)(H,19,20). The Morgan fingerprint density at radius 3 is 2.76 bits per heavy atom. The molecule has 1 amide bonds. The minimum Gasteiger partial charge on any atom is -0.481 e. The maximum absolute atomic E-state index is 12.2. The molecule has 7 heteroatoms. The zero-order chi connectivity index (χ0) is 15.4. The molecule has 1 atom stereocenters. The molecule has 1 fully saturated rings. The van der Waals surface area contributed by atoms with Crippen molar-refractivity contribution in [3.8, 4) is 0 Å². The molecule has 1 unspecified atom stereocenters. The van der Waals surface area contributed by atoms with Gasteiger partial charge in [-0.05, 0) is 31.2 Å². The molecular formula is C14H19N3O4. The van der Waals surface area contributed by atoms with Crippen molar-refractivity contribution in [1.82, 2.24) is 15.1 Å². The first-order chi connectivity index (χ1) is 10.0. The second-order valence-corrected chi connectivity index (χ2v) is 5.30. The number of carboxylic acid groups (broad SMARTS) is 1. The van der Waals surface area contributed by atoms with Crippen molar-refractivity contribution < 1.29 is 14.7 Å². The van der Waals surface area contributed by atoms with Crippen molar-refractivity contribution in [1.29, 1.82) is 0 Å². The molecule has 0 saturated heterocycles. The van der Waals surface area contributed by atoms with E-state index in [2.05, 4.69) is 10.4 Å². The van der Waals surface area contributed by atoms with Crippen LogP contribution in [-0.2, 0) is 11.3 Å². The summed E-state index contributed by atoms with van der Waals surface area (Å²) in [4.78, 5) is 34.5. The molecule has 0 radical (unpaired) electrons. The fourth-order valence-electron chi connectivity index (χ4n) is 2.21. The minimum absolute atomic E-state index is 0.0923. The Balaban J connectivity index is 2.09. The van der Waals surface area contributed by atoms with Gasteiger partial charge in [-0.25, -0.2) is 4.68 Å². The van der Waals surface area contributed by atoms with Gasteiger partial charge >= 0.3 is 5.97 Å². The first kappa shape index (κ1) is 15.2. The molecule has 0 aliphatic heterocycles. The summed E-state index contributed by atoms with van der Waals surface area (Å²) in [6.07, 6.45) is 2.51. The van der Waals surface area contributed by atoms with E-state index in [0.29, 0.717) is 6.54 Å². The Morgan fingerprint density at radius 1 is 1.48 bits per heavy atom. The molecule has 114 valence electrons. The molecule has 1 aliphatic carbocycles. The molecule has 1 saturated carbocycles. The van der Waals surface area contributed by atoms with Gasteiger partial charge in [0.05, 0.1) is 6.42 Å². The topological polar surface area (TPSA) is 101 Å². The maximum atomic E-state index is 12.2. The molecule has 0 aromatic carbocycles. The van der Waals surface area contributed by atoms with Gasteiger partial charge in [0.1, 0.15) is 5.69 Å². The van der Waals surface area contributed by atoms with Gasteiger partial charge in [-0.3, -0.25) is 14.4 Å². The van der Waals surface area contributed by atoms with Crippen LogP contribution in [0.1, 0.15) is 43.1 Å². The highest BCUT2D eigenvalue weighted by Crippen LogP contribution is 2.34. The summed E-state index contributed by atoms with van der Waals surface area (Å²) in [6.45, 7) is 2.36. The Hall–Kier alpha value is -2.18. The van der Waals surface area contributed by atoms with Crippen LogP contribution < -0.4 is 10.9 Å². The number of aryl methyl sites for hydroxylation is 1. The molecule has 0 bridgehead atoms. The van der Waals surface area contributed by atoms with Gasteiger partial charge in [0, 0.05) is 18.7 Å². The maximum Gasteiger partial charge on any atom is 0.305 e. The molecule has 1 aliphatic rings. The molecule has 2 N–H and O–H groups in total. The highest BCUT2D eigenvalue weighted by Gasteiger charge is 2.34. The lowest BCUT2D eigenvalue weighted by atomic mass is 10.1. The van der Waals surface area contributed by atoms with E-state index in [1.807, 2.05) is 6.92 Å². The van der Waals surface area contributed by atoms with E-state index in [9.17, 15) is 14.4 Å². The fourth-order valence-corrected chi connectivity index (χ4v) is 2.21. The van der Waals surface area contributed by atoms with Gasteiger partial charge in [0.15, 0.2) is 0 Å². The number of nitrogens with zero attached hydrogens (tertiary/aromatic N) is 2. The van der Waals surface area contributed by atoms with Crippen molar-refractivity contribution >= 4 is 11.9 Å². The number of aliphatic carboxylic acids is 1.